The summed E-state index contributed by atoms with van der Waals surface area (Å²) in [5, 5.41) is 2.80. The fourth-order valence-electron chi connectivity index (χ4n) is 3.82. The SMILES string of the molecule is CC(C)=C1C(=O)Nc2ccc(S(=O)(=O)N3c4ccccc4C[C@@H]3C)cc21. The van der Waals surface area contributed by atoms with E-state index < -0.39 is 10.0 Å². The van der Waals surface area contributed by atoms with Crippen LogP contribution in [0.15, 0.2) is 52.9 Å². The van der Waals surface area contributed by atoms with E-state index in [1.54, 1.807) is 18.2 Å². The van der Waals surface area contributed by atoms with Crippen LogP contribution >= 0.6 is 0 Å². The first-order valence-electron chi connectivity index (χ1n) is 8.56. The van der Waals surface area contributed by atoms with Crippen molar-refractivity contribution in [2.45, 2.75) is 38.1 Å². The van der Waals surface area contributed by atoms with Crippen LogP contribution in [-0.4, -0.2) is 20.4 Å². The Morgan fingerprint density at radius 3 is 2.62 bits per heavy atom. The Kier molecular flexibility index (Phi) is 3.70. The minimum atomic E-state index is -3.72. The number of hydrogen-bond donors (Lipinski definition) is 1. The van der Waals surface area contributed by atoms with Gasteiger partial charge in [-0.2, -0.15) is 0 Å². The third kappa shape index (κ3) is 2.36. The van der Waals surface area contributed by atoms with E-state index in [4.69, 9.17) is 0 Å². The van der Waals surface area contributed by atoms with Gasteiger partial charge in [-0.25, -0.2) is 8.42 Å². The molecule has 26 heavy (non-hydrogen) atoms. The Labute approximate surface area is 153 Å². The summed E-state index contributed by atoms with van der Waals surface area (Å²) in [6, 6.07) is 12.3. The van der Waals surface area contributed by atoms with Gasteiger partial charge in [0.1, 0.15) is 0 Å². The van der Waals surface area contributed by atoms with Gasteiger partial charge in [0.2, 0.25) is 0 Å². The van der Waals surface area contributed by atoms with Gasteiger partial charge in [-0.05, 0) is 57.0 Å². The monoisotopic (exact) mass is 368 g/mol. The zero-order valence-corrected chi connectivity index (χ0v) is 15.7. The second-order valence-corrected chi connectivity index (χ2v) is 8.83. The number of amides is 1. The molecule has 6 heteroatoms. The second kappa shape index (κ2) is 5.71. The molecule has 2 aromatic rings. The topological polar surface area (TPSA) is 66.5 Å². The van der Waals surface area contributed by atoms with E-state index in [9.17, 15) is 13.2 Å². The molecule has 4 rings (SSSR count). The number of rotatable bonds is 2. The lowest BCUT2D eigenvalue weighted by molar-refractivity contribution is -0.110. The average Bonchev–Trinajstić information content (AvgIpc) is 3.09. The van der Waals surface area contributed by atoms with Crippen molar-refractivity contribution in [3.8, 4) is 0 Å². The predicted octanol–water partition coefficient (Wildman–Crippen LogP) is 3.57. The number of nitrogens with zero attached hydrogens (tertiary/aromatic N) is 1. The van der Waals surface area contributed by atoms with Crippen molar-refractivity contribution in [1.29, 1.82) is 0 Å². The summed E-state index contributed by atoms with van der Waals surface area (Å²) in [5.74, 6) is -0.186. The number of carbonyl (C=O) groups excluding carboxylic acids is 1. The molecule has 134 valence electrons. The molecule has 2 aromatic carbocycles. The van der Waals surface area contributed by atoms with Crippen LogP contribution in [0.5, 0.6) is 0 Å². The van der Waals surface area contributed by atoms with Gasteiger partial charge in [-0.3, -0.25) is 9.10 Å². The summed E-state index contributed by atoms with van der Waals surface area (Å²) >= 11 is 0. The van der Waals surface area contributed by atoms with Crippen LogP contribution in [0.25, 0.3) is 5.57 Å². The first kappa shape index (κ1) is 16.8. The molecule has 1 N–H and O–H groups in total. The van der Waals surface area contributed by atoms with Crippen molar-refractivity contribution in [3.63, 3.8) is 0 Å². The van der Waals surface area contributed by atoms with Gasteiger partial charge in [-0.1, -0.05) is 23.8 Å². The van der Waals surface area contributed by atoms with E-state index in [2.05, 4.69) is 5.32 Å². The molecular formula is C20H20N2O3S. The Hall–Kier alpha value is -2.60. The van der Waals surface area contributed by atoms with Crippen LogP contribution < -0.4 is 9.62 Å². The first-order valence-corrected chi connectivity index (χ1v) is 10.0. The number of fused-ring (bicyclic) bond motifs is 2. The predicted molar refractivity (Wildman–Crippen MR) is 103 cm³/mol. The van der Waals surface area contributed by atoms with Crippen LogP contribution in [-0.2, 0) is 21.2 Å². The van der Waals surface area contributed by atoms with E-state index in [1.807, 2.05) is 45.0 Å². The summed E-state index contributed by atoms with van der Waals surface area (Å²) in [5.41, 5.74) is 4.47. The van der Waals surface area contributed by atoms with Gasteiger partial charge in [0.15, 0.2) is 0 Å². The standard InChI is InChI=1S/C20H20N2O3S/c1-12(2)19-16-11-15(8-9-17(16)21-20(19)23)26(24,25)22-13(3)10-14-6-4-5-7-18(14)22/h4-9,11,13H,10H2,1-3H3,(H,21,23)/t13-/m0/s1. The molecule has 0 bridgehead atoms. The fraction of sp³-hybridized carbons (Fsp3) is 0.250. The summed E-state index contributed by atoms with van der Waals surface area (Å²) in [7, 11) is -3.72. The molecule has 1 amide bonds. The number of allylic oxidation sites excluding steroid dienone is 1. The van der Waals surface area contributed by atoms with Crippen LogP contribution in [0.1, 0.15) is 31.9 Å². The van der Waals surface area contributed by atoms with E-state index >= 15 is 0 Å². The van der Waals surface area contributed by atoms with Crippen LogP contribution in [0.4, 0.5) is 11.4 Å². The number of carbonyl (C=O) groups is 1. The Balaban J connectivity index is 1.85. The lowest BCUT2D eigenvalue weighted by Gasteiger charge is -2.24. The van der Waals surface area contributed by atoms with Crippen molar-refractivity contribution < 1.29 is 13.2 Å². The molecule has 0 fully saturated rings. The van der Waals surface area contributed by atoms with Gasteiger partial charge < -0.3 is 5.32 Å². The van der Waals surface area contributed by atoms with Crippen molar-refractivity contribution in [1.82, 2.24) is 0 Å². The number of anilines is 2. The fourth-order valence-corrected chi connectivity index (χ4v) is 5.54. The minimum Gasteiger partial charge on any atom is -0.321 e. The smallest absolute Gasteiger partial charge is 0.264 e. The van der Waals surface area contributed by atoms with Crippen molar-refractivity contribution in [3.05, 3.63) is 59.2 Å². The van der Waals surface area contributed by atoms with Gasteiger partial charge in [0.05, 0.1) is 10.6 Å². The third-order valence-corrected chi connectivity index (χ3v) is 6.86. The molecule has 2 heterocycles. The molecule has 0 aliphatic carbocycles. The lowest BCUT2D eigenvalue weighted by Crippen LogP contribution is -2.35. The van der Waals surface area contributed by atoms with Gasteiger partial charge in [0, 0.05) is 22.9 Å². The molecule has 2 aliphatic rings. The summed E-state index contributed by atoms with van der Waals surface area (Å²) < 4.78 is 28.2. The lowest BCUT2D eigenvalue weighted by atomic mass is 10.0. The van der Waals surface area contributed by atoms with E-state index in [1.165, 1.54) is 4.31 Å². The zero-order valence-electron chi connectivity index (χ0n) is 14.9. The Bertz CT molecular complexity index is 1070. The normalized spacial score (nSPS) is 18.6. The summed E-state index contributed by atoms with van der Waals surface area (Å²) in [4.78, 5) is 12.4. The highest BCUT2D eigenvalue weighted by Gasteiger charge is 2.37. The van der Waals surface area contributed by atoms with Gasteiger partial charge in [0.25, 0.3) is 15.9 Å². The molecule has 0 saturated heterocycles. The van der Waals surface area contributed by atoms with E-state index in [-0.39, 0.29) is 16.8 Å². The van der Waals surface area contributed by atoms with Crippen molar-refractivity contribution >= 4 is 32.9 Å². The molecule has 0 unspecified atom stereocenters. The van der Waals surface area contributed by atoms with Gasteiger partial charge >= 0.3 is 0 Å². The highest BCUT2D eigenvalue weighted by molar-refractivity contribution is 7.92. The molecule has 0 saturated carbocycles. The van der Waals surface area contributed by atoms with Crippen LogP contribution in [0, 0.1) is 0 Å². The van der Waals surface area contributed by atoms with E-state index in [0.29, 0.717) is 23.2 Å². The second-order valence-electron chi connectivity index (χ2n) is 7.02. The molecule has 0 aromatic heterocycles. The Morgan fingerprint density at radius 2 is 1.88 bits per heavy atom. The molecule has 5 nitrogen and oxygen atoms in total. The van der Waals surface area contributed by atoms with Crippen LogP contribution in [0.2, 0.25) is 0 Å². The molecule has 1 atom stereocenters. The van der Waals surface area contributed by atoms with Gasteiger partial charge in [-0.15, -0.1) is 0 Å². The van der Waals surface area contributed by atoms with Crippen LogP contribution in [0.3, 0.4) is 0 Å². The molecular weight excluding hydrogens is 348 g/mol. The average molecular weight is 368 g/mol. The molecule has 0 spiro atoms. The highest BCUT2D eigenvalue weighted by atomic mass is 32.2. The Morgan fingerprint density at radius 1 is 1.15 bits per heavy atom. The van der Waals surface area contributed by atoms with E-state index in [0.717, 1.165) is 16.8 Å². The van der Waals surface area contributed by atoms with Crippen molar-refractivity contribution in [2.24, 2.45) is 0 Å². The maximum atomic E-state index is 13.4. The third-order valence-electron chi connectivity index (χ3n) is 4.94. The van der Waals surface area contributed by atoms with Crippen molar-refractivity contribution in [2.75, 3.05) is 9.62 Å². The largest absolute Gasteiger partial charge is 0.321 e. The molecule has 2 aliphatic heterocycles. The summed E-state index contributed by atoms with van der Waals surface area (Å²) in [6.45, 7) is 5.62. The maximum absolute atomic E-state index is 13.4. The number of nitrogens with one attached hydrogen (secondary N) is 1. The maximum Gasteiger partial charge on any atom is 0.264 e. The minimum absolute atomic E-state index is 0.145. The first-order chi connectivity index (χ1) is 12.3. The number of para-hydroxylation sites is 1. The number of sulfonamides is 1. The number of benzene rings is 2. The quantitative estimate of drug-likeness (QED) is 0.824. The highest BCUT2D eigenvalue weighted by Crippen LogP contribution is 2.39. The number of hydrogen-bond acceptors (Lipinski definition) is 3. The summed E-state index contributed by atoms with van der Waals surface area (Å²) in [6.07, 6.45) is 0.694. The zero-order chi connectivity index (χ0) is 18.6. The molecule has 0 radical (unpaired) electrons.